The number of hydrogen-bond donors (Lipinski definition) is 1. The van der Waals surface area contributed by atoms with E-state index in [4.69, 9.17) is 4.98 Å². The monoisotopic (exact) mass is 263 g/mol. The van der Waals surface area contributed by atoms with E-state index in [-0.39, 0.29) is 0 Å². The van der Waals surface area contributed by atoms with Crippen LogP contribution >= 0.6 is 0 Å². The van der Waals surface area contributed by atoms with Crippen molar-refractivity contribution in [3.05, 3.63) is 53.6 Å². The summed E-state index contributed by atoms with van der Waals surface area (Å²) in [5.74, 6) is 1.64. The average Bonchev–Trinajstić information content (AvgIpc) is 2.47. The highest BCUT2D eigenvalue weighted by atomic mass is 15.0. The second-order valence-corrected chi connectivity index (χ2v) is 4.98. The molecule has 0 saturated heterocycles. The van der Waals surface area contributed by atoms with Gasteiger partial charge in [-0.1, -0.05) is 42.0 Å². The Morgan fingerprint density at radius 2 is 1.65 bits per heavy atom. The molecule has 0 saturated carbocycles. The van der Waals surface area contributed by atoms with Crippen LogP contribution in [0.3, 0.4) is 0 Å². The van der Waals surface area contributed by atoms with E-state index in [1.165, 1.54) is 11.1 Å². The van der Waals surface area contributed by atoms with Crippen LogP contribution in [0.2, 0.25) is 0 Å². The van der Waals surface area contributed by atoms with E-state index in [2.05, 4.69) is 54.5 Å². The summed E-state index contributed by atoms with van der Waals surface area (Å²) >= 11 is 0. The van der Waals surface area contributed by atoms with Crippen molar-refractivity contribution in [1.29, 1.82) is 0 Å². The Bertz CT molecular complexity index is 761. The van der Waals surface area contributed by atoms with Crippen LogP contribution in [0.1, 0.15) is 11.1 Å². The Kier molecular flexibility index (Phi) is 3.11. The molecule has 1 heterocycles. The lowest BCUT2D eigenvalue weighted by atomic mass is 10.1. The van der Waals surface area contributed by atoms with Crippen LogP contribution in [0.4, 0.5) is 5.82 Å². The minimum absolute atomic E-state index is 0.757. The second kappa shape index (κ2) is 4.93. The molecule has 2 aromatic carbocycles. The van der Waals surface area contributed by atoms with Crippen LogP contribution in [0.15, 0.2) is 42.5 Å². The highest BCUT2D eigenvalue weighted by Gasteiger charge is 2.09. The van der Waals surface area contributed by atoms with E-state index in [1.807, 2.05) is 19.2 Å². The third-order valence-corrected chi connectivity index (χ3v) is 3.48. The molecule has 0 fully saturated rings. The van der Waals surface area contributed by atoms with Crippen molar-refractivity contribution in [2.24, 2.45) is 0 Å². The first-order chi connectivity index (χ1) is 9.69. The minimum atomic E-state index is 0.757. The number of anilines is 1. The van der Waals surface area contributed by atoms with E-state index in [0.717, 1.165) is 28.1 Å². The third kappa shape index (κ3) is 2.11. The van der Waals surface area contributed by atoms with Gasteiger partial charge in [0.05, 0.1) is 5.52 Å². The van der Waals surface area contributed by atoms with E-state index < -0.39 is 0 Å². The number of benzene rings is 2. The molecule has 0 spiro atoms. The zero-order valence-electron chi connectivity index (χ0n) is 11.9. The first-order valence-electron chi connectivity index (χ1n) is 6.71. The predicted octanol–water partition coefficient (Wildman–Crippen LogP) is 3.96. The lowest BCUT2D eigenvalue weighted by Crippen LogP contribution is -1.99. The summed E-state index contributed by atoms with van der Waals surface area (Å²) in [5.41, 5.74) is 4.43. The SMILES string of the molecule is CNc1nc(-c2ccc(C)cc2)nc2cccc(C)c12. The molecular formula is C17H17N3. The summed E-state index contributed by atoms with van der Waals surface area (Å²) in [6.07, 6.45) is 0. The molecule has 3 nitrogen and oxygen atoms in total. The van der Waals surface area contributed by atoms with E-state index in [0.29, 0.717) is 0 Å². The third-order valence-electron chi connectivity index (χ3n) is 3.48. The maximum Gasteiger partial charge on any atom is 0.162 e. The largest absolute Gasteiger partial charge is 0.373 e. The van der Waals surface area contributed by atoms with Gasteiger partial charge >= 0.3 is 0 Å². The van der Waals surface area contributed by atoms with Gasteiger partial charge in [-0.3, -0.25) is 0 Å². The summed E-state index contributed by atoms with van der Waals surface area (Å²) in [6.45, 7) is 4.16. The van der Waals surface area contributed by atoms with Crippen LogP contribution in [-0.2, 0) is 0 Å². The van der Waals surface area contributed by atoms with Crippen molar-refractivity contribution < 1.29 is 0 Å². The zero-order chi connectivity index (χ0) is 14.1. The van der Waals surface area contributed by atoms with Crippen LogP contribution in [0.25, 0.3) is 22.3 Å². The van der Waals surface area contributed by atoms with Gasteiger partial charge in [0.15, 0.2) is 5.82 Å². The Labute approximate surface area is 118 Å². The molecule has 0 bridgehead atoms. The van der Waals surface area contributed by atoms with Gasteiger partial charge in [0.2, 0.25) is 0 Å². The van der Waals surface area contributed by atoms with Gasteiger partial charge in [-0.25, -0.2) is 9.97 Å². The highest BCUT2D eigenvalue weighted by molar-refractivity contribution is 5.93. The Morgan fingerprint density at radius 1 is 0.900 bits per heavy atom. The van der Waals surface area contributed by atoms with Crippen molar-refractivity contribution >= 4 is 16.7 Å². The number of rotatable bonds is 2. The van der Waals surface area contributed by atoms with Gasteiger partial charge in [0.1, 0.15) is 5.82 Å². The van der Waals surface area contributed by atoms with Crippen LogP contribution < -0.4 is 5.32 Å². The van der Waals surface area contributed by atoms with Gasteiger partial charge in [-0.2, -0.15) is 0 Å². The van der Waals surface area contributed by atoms with Crippen molar-refractivity contribution in [3.8, 4) is 11.4 Å². The van der Waals surface area contributed by atoms with E-state index in [9.17, 15) is 0 Å². The first kappa shape index (κ1) is 12.6. The smallest absolute Gasteiger partial charge is 0.162 e. The summed E-state index contributed by atoms with van der Waals surface area (Å²) in [4.78, 5) is 9.35. The van der Waals surface area contributed by atoms with E-state index >= 15 is 0 Å². The van der Waals surface area contributed by atoms with Crippen molar-refractivity contribution in [3.63, 3.8) is 0 Å². The van der Waals surface area contributed by atoms with Gasteiger partial charge in [0.25, 0.3) is 0 Å². The molecule has 0 aliphatic carbocycles. The highest BCUT2D eigenvalue weighted by Crippen LogP contribution is 2.27. The van der Waals surface area contributed by atoms with E-state index in [1.54, 1.807) is 0 Å². The van der Waals surface area contributed by atoms with Crippen molar-refractivity contribution in [2.75, 3.05) is 12.4 Å². The maximum absolute atomic E-state index is 4.69. The number of nitrogens with one attached hydrogen (secondary N) is 1. The second-order valence-electron chi connectivity index (χ2n) is 4.98. The van der Waals surface area contributed by atoms with Crippen LogP contribution in [0.5, 0.6) is 0 Å². The summed E-state index contributed by atoms with van der Waals surface area (Å²) in [6, 6.07) is 14.4. The molecule has 0 unspecified atom stereocenters. The first-order valence-corrected chi connectivity index (χ1v) is 6.71. The maximum atomic E-state index is 4.69. The normalized spacial score (nSPS) is 10.8. The number of aromatic nitrogens is 2. The number of hydrogen-bond acceptors (Lipinski definition) is 3. The molecule has 1 aromatic heterocycles. The molecule has 0 aliphatic rings. The fraction of sp³-hybridized carbons (Fsp3) is 0.176. The standard InChI is InChI=1S/C17H17N3/c1-11-7-9-13(10-8-11)16-19-14-6-4-5-12(2)15(14)17(18-3)20-16/h4-10H,1-3H3,(H,18,19,20). The molecule has 20 heavy (non-hydrogen) atoms. The van der Waals surface area contributed by atoms with Gasteiger partial charge in [-0.15, -0.1) is 0 Å². The lowest BCUT2D eigenvalue weighted by Gasteiger charge is -2.10. The number of aryl methyl sites for hydroxylation is 2. The molecule has 3 heteroatoms. The molecule has 3 rings (SSSR count). The van der Waals surface area contributed by atoms with Gasteiger partial charge in [0, 0.05) is 18.0 Å². The minimum Gasteiger partial charge on any atom is -0.373 e. The summed E-state index contributed by atoms with van der Waals surface area (Å²) in [5, 5.41) is 4.27. The Balaban J connectivity index is 2.25. The van der Waals surface area contributed by atoms with Crippen LogP contribution in [-0.4, -0.2) is 17.0 Å². The molecular weight excluding hydrogens is 246 g/mol. The zero-order valence-corrected chi connectivity index (χ0v) is 11.9. The number of nitrogens with zero attached hydrogens (tertiary/aromatic N) is 2. The van der Waals surface area contributed by atoms with Crippen molar-refractivity contribution in [1.82, 2.24) is 9.97 Å². The quantitative estimate of drug-likeness (QED) is 0.760. The Hall–Kier alpha value is -2.42. The predicted molar refractivity (Wildman–Crippen MR) is 84.0 cm³/mol. The Morgan fingerprint density at radius 3 is 2.35 bits per heavy atom. The topological polar surface area (TPSA) is 37.8 Å². The molecule has 0 amide bonds. The molecule has 100 valence electrons. The molecule has 1 N–H and O–H groups in total. The van der Waals surface area contributed by atoms with Crippen LogP contribution in [0, 0.1) is 13.8 Å². The van der Waals surface area contributed by atoms with Gasteiger partial charge < -0.3 is 5.32 Å². The molecule has 0 aliphatic heterocycles. The fourth-order valence-corrected chi connectivity index (χ4v) is 2.37. The lowest BCUT2D eigenvalue weighted by molar-refractivity contribution is 1.21. The number of fused-ring (bicyclic) bond motifs is 1. The van der Waals surface area contributed by atoms with Crippen molar-refractivity contribution in [2.45, 2.75) is 13.8 Å². The van der Waals surface area contributed by atoms with Gasteiger partial charge in [-0.05, 0) is 25.5 Å². The summed E-state index contributed by atoms with van der Waals surface area (Å²) in [7, 11) is 1.90. The summed E-state index contributed by atoms with van der Waals surface area (Å²) < 4.78 is 0. The molecule has 0 atom stereocenters. The molecule has 0 radical (unpaired) electrons. The molecule has 3 aromatic rings. The average molecular weight is 263 g/mol. The fourth-order valence-electron chi connectivity index (χ4n) is 2.37.